The molecule has 0 aliphatic rings. The summed E-state index contributed by atoms with van der Waals surface area (Å²) in [7, 11) is 3.67. The third-order valence-electron chi connectivity index (χ3n) is 3.98. The van der Waals surface area contributed by atoms with Crippen LogP contribution in [0.5, 0.6) is 0 Å². The van der Waals surface area contributed by atoms with E-state index in [1.807, 2.05) is 45.7 Å². The third-order valence-corrected chi connectivity index (χ3v) is 3.98. The summed E-state index contributed by atoms with van der Waals surface area (Å²) < 4.78 is 3.69. The van der Waals surface area contributed by atoms with E-state index in [0.717, 1.165) is 29.2 Å². The first-order chi connectivity index (χ1) is 9.86. The van der Waals surface area contributed by atoms with Crippen LogP contribution in [0.2, 0.25) is 0 Å². The normalized spacial score (nSPS) is 11.0. The van der Waals surface area contributed by atoms with Crippen molar-refractivity contribution in [3.8, 4) is 0 Å². The molecule has 0 atom stereocenters. The maximum absolute atomic E-state index is 12.6. The van der Waals surface area contributed by atoms with Crippen molar-refractivity contribution in [1.29, 1.82) is 0 Å². The van der Waals surface area contributed by atoms with Gasteiger partial charge in [0.05, 0.1) is 17.5 Å². The van der Waals surface area contributed by atoms with Gasteiger partial charge < -0.3 is 4.90 Å². The van der Waals surface area contributed by atoms with Gasteiger partial charge >= 0.3 is 0 Å². The van der Waals surface area contributed by atoms with Gasteiger partial charge in [-0.15, -0.1) is 0 Å². The zero-order valence-electron chi connectivity index (χ0n) is 13.6. The number of hydrogen-bond donors (Lipinski definition) is 0. The van der Waals surface area contributed by atoms with E-state index >= 15 is 0 Å². The molecule has 0 saturated heterocycles. The molecular weight excluding hydrogens is 266 g/mol. The van der Waals surface area contributed by atoms with Crippen LogP contribution < -0.4 is 0 Å². The highest BCUT2D eigenvalue weighted by molar-refractivity contribution is 5.96. The lowest BCUT2D eigenvalue weighted by Crippen LogP contribution is -2.27. The van der Waals surface area contributed by atoms with Crippen molar-refractivity contribution in [2.75, 3.05) is 7.05 Å². The van der Waals surface area contributed by atoms with Crippen molar-refractivity contribution in [3.63, 3.8) is 0 Å². The number of amides is 1. The molecule has 0 unspecified atom stereocenters. The van der Waals surface area contributed by atoms with Crippen LogP contribution in [0.4, 0.5) is 0 Å². The van der Waals surface area contributed by atoms with Crippen LogP contribution in [0.25, 0.3) is 0 Å². The van der Waals surface area contributed by atoms with Gasteiger partial charge in [-0.05, 0) is 27.7 Å². The number of nitrogens with zero attached hydrogens (tertiary/aromatic N) is 5. The zero-order chi connectivity index (χ0) is 15.7. The van der Waals surface area contributed by atoms with Gasteiger partial charge in [0.2, 0.25) is 0 Å². The zero-order valence-corrected chi connectivity index (χ0v) is 13.6. The second kappa shape index (κ2) is 5.71. The van der Waals surface area contributed by atoms with Gasteiger partial charge in [-0.1, -0.05) is 0 Å². The summed E-state index contributed by atoms with van der Waals surface area (Å²) in [6.07, 6.45) is 1.84. The molecule has 0 saturated carbocycles. The number of aryl methyl sites for hydroxylation is 3. The highest BCUT2D eigenvalue weighted by atomic mass is 16.2. The van der Waals surface area contributed by atoms with E-state index < -0.39 is 0 Å². The number of aromatic nitrogens is 4. The molecule has 2 heterocycles. The monoisotopic (exact) mass is 289 g/mol. The van der Waals surface area contributed by atoms with Crippen molar-refractivity contribution in [3.05, 3.63) is 34.4 Å². The van der Waals surface area contributed by atoms with Gasteiger partial charge in [0, 0.05) is 44.1 Å². The van der Waals surface area contributed by atoms with Crippen LogP contribution in [-0.4, -0.2) is 37.4 Å². The van der Waals surface area contributed by atoms with Gasteiger partial charge in [0.1, 0.15) is 0 Å². The van der Waals surface area contributed by atoms with Gasteiger partial charge in [0.25, 0.3) is 5.91 Å². The van der Waals surface area contributed by atoms with Gasteiger partial charge in [-0.2, -0.15) is 10.2 Å². The van der Waals surface area contributed by atoms with E-state index in [0.29, 0.717) is 12.1 Å². The fourth-order valence-corrected chi connectivity index (χ4v) is 2.56. The molecule has 0 aromatic carbocycles. The summed E-state index contributed by atoms with van der Waals surface area (Å²) in [5.74, 6) is 0.00162. The summed E-state index contributed by atoms with van der Waals surface area (Å²) in [5, 5.41) is 8.63. The van der Waals surface area contributed by atoms with Gasteiger partial charge in [-0.25, -0.2) is 0 Å². The second-order valence-corrected chi connectivity index (χ2v) is 5.40. The molecule has 0 fully saturated rings. The van der Waals surface area contributed by atoms with Crippen LogP contribution in [0.1, 0.15) is 39.9 Å². The summed E-state index contributed by atoms with van der Waals surface area (Å²) in [4.78, 5) is 14.4. The predicted octanol–water partition coefficient (Wildman–Crippen LogP) is 1.83. The minimum Gasteiger partial charge on any atom is -0.337 e. The average molecular weight is 289 g/mol. The lowest BCUT2D eigenvalue weighted by atomic mass is 10.1. The molecule has 0 aliphatic carbocycles. The summed E-state index contributed by atoms with van der Waals surface area (Å²) in [6, 6.07) is 0. The molecule has 0 aliphatic heterocycles. The fraction of sp³-hybridized carbons (Fsp3) is 0.533. The Kier molecular flexibility index (Phi) is 4.16. The highest BCUT2D eigenvalue weighted by Crippen LogP contribution is 2.16. The highest BCUT2D eigenvalue weighted by Gasteiger charge is 2.21. The van der Waals surface area contributed by atoms with Crippen LogP contribution in [0.3, 0.4) is 0 Å². The van der Waals surface area contributed by atoms with E-state index in [-0.39, 0.29) is 5.91 Å². The van der Waals surface area contributed by atoms with Crippen LogP contribution in [0, 0.1) is 20.8 Å². The number of hydrogen-bond acceptors (Lipinski definition) is 3. The SMILES string of the molecule is CCn1ncc(CN(C)C(=O)c2c(C)nn(C)c2C)c1C. The molecular formula is C15H23N5O. The summed E-state index contributed by atoms with van der Waals surface area (Å²) >= 11 is 0. The van der Waals surface area contributed by atoms with Crippen LogP contribution >= 0.6 is 0 Å². The van der Waals surface area contributed by atoms with E-state index in [4.69, 9.17) is 0 Å². The number of carbonyl (C=O) groups excluding carboxylic acids is 1. The second-order valence-electron chi connectivity index (χ2n) is 5.40. The maximum atomic E-state index is 12.6. The van der Waals surface area contributed by atoms with Crippen LogP contribution in [-0.2, 0) is 20.1 Å². The number of carbonyl (C=O) groups is 1. The topological polar surface area (TPSA) is 56.0 Å². The lowest BCUT2D eigenvalue weighted by Gasteiger charge is -2.17. The van der Waals surface area contributed by atoms with Crippen molar-refractivity contribution in [2.45, 2.75) is 40.8 Å². The fourth-order valence-electron chi connectivity index (χ4n) is 2.56. The Morgan fingerprint density at radius 3 is 2.43 bits per heavy atom. The molecule has 2 aromatic heterocycles. The van der Waals surface area contributed by atoms with E-state index in [2.05, 4.69) is 17.1 Å². The molecule has 2 rings (SSSR count). The Morgan fingerprint density at radius 2 is 1.95 bits per heavy atom. The van der Waals surface area contributed by atoms with Crippen molar-refractivity contribution in [2.24, 2.45) is 7.05 Å². The predicted molar refractivity (Wildman–Crippen MR) is 81.1 cm³/mol. The molecule has 2 aromatic rings. The largest absolute Gasteiger partial charge is 0.337 e. The van der Waals surface area contributed by atoms with Gasteiger partial charge in [-0.3, -0.25) is 14.2 Å². The molecule has 114 valence electrons. The Morgan fingerprint density at radius 1 is 1.29 bits per heavy atom. The van der Waals surface area contributed by atoms with Crippen LogP contribution in [0.15, 0.2) is 6.20 Å². The Hall–Kier alpha value is -2.11. The number of rotatable bonds is 4. The Bertz CT molecular complexity index is 668. The Balaban J connectivity index is 2.21. The maximum Gasteiger partial charge on any atom is 0.257 e. The summed E-state index contributed by atoms with van der Waals surface area (Å²) in [6.45, 7) is 9.27. The van der Waals surface area contributed by atoms with E-state index in [1.165, 1.54) is 0 Å². The van der Waals surface area contributed by atoms with Gasteiger partial charge in [0.15, 0.2) is 0 Å². The smallest absolute Gasteiger partial charge is 0.257 e. The first-order valence-corrected chi connectivity index (χ1v) is 7.13. The minimum atomic E-state index is 0.00162. The first-order valence-electron chi connectivity index (χ1n) is 7.13. The first kappa shape index (κ1) is 15.3. The quantitative estimate of drug-likeness (QED) is 0.863. The summed E-state index contributed by atoms with van der Waals surface area (Å²) in [5.41, 5.74) is 4.54. The lowest BCUT2D eigenvalue weighted by molar-refractivity contribution is 0.0783. The molecule has 0 N–H and O–H groups in total. The van der Waals surface area contributed by atoms with Crippen molar-refractivity contribution >= 4 is 5.91 Å². The standard InChI is InChI=1S/C15H23N5O/c1-7-20-11(3)13(8-16-20)9-18(5)15(21)14-10(2)17-19(6)12(14)4/h8H,7,9H2,1-6H3. The van der Waals surface area contributed by atoms with E-state index in [1.54, 1.807) is 9.58 Å². The third kappa shape index (κ3) is 2.70. The van der Waals surface area contributed by atoms with Crippen molar-refractivity contribution < 1.29 is 4.79 Å². The molecule has 0 spiro atoms. The Labute approximate surface area is 125 Å². The van der Waals surface area contributed by atoms with Crippen molar-refractivity contribution in [1.82, 2.24) is 24.5 Å². The molecule has 6 nitrogen and oxygen atoms in total. The molecule has 0 bridgehead atoms. The molecule has 0 radical (unpaired) electrons. The molecule has 6 heteroatoms. The molecule has 1 amide bonds. The molecule has 21 heavy (non-hydrogen) atoms. The average Bonchev–Trinajstić information content (AvgIpc) is 2.90. The minimum absolute atomic E-state index is 0.00162. The van der Waals surface area contributed by atoms with E-state index in [9.17, 15) is 4.79 Å².